The second-order valence-corrected chi connectivity index (χ2v) is 5.24. The average molecular weight is 296 g/mol. The Morgan fingerprint density at radius 1 is 1.43 bits per heavy atom. The van der Waals surface area contributed by atoms with Gasteiger partial charge in [-0.05, 0) is 25.0 Å². The maximum atomic E-state index is 13.0. The SMILES string of the molecule is O=C(NCC1CCCCC1O)c1ccc(F)cc1[N+](=O)[O-]. The van der Waals surface area contributed by atoms with Crippen LogP contribution in [0.2, 0.25) is 0 Å². The number of nitrogens with zero attached hydrogens (tertiary/aromatic N) is 1. The third-order valence-electron chi connectivity index (χ3n) is 3.79. The van der Waals surface area contributed by atoms with Gasteiger partial charge in [0, 0.05) is 12.5 Å². The highest BCUT2D eigenvalue weighted by molar-refractivity contribution is 5.98. The van der Waals surface area contributed by atoms with Gasteiger partial charge < -0.3 is 10.4 Å². The fourth-order valence-corrected chi connectivity index (χ4v) is 2.59. The van der Waals surface area contributed by atoms with E-state index < -0.39 is 28.4 Å². The smallest absolute Gasteiger partial charge is 0.285 e. The zero-order valence-electron chi connectivity index (χ0n) is 11.4. The van der Waals surface area contributed by atoms with Gasteiger partial charge in [0.05, 0.1) is 17.1 Å². The van der Waals surface area contributed by atoms with Crippen molar-refractivity contribution in [1.82, 2.24) is 5.32 Å². The number of nitro benzene ring substituents is 1. The molecule has 1 aliphatic carbocycles. The van der Waals surface area contributed by atoms with Crippen LogP contribution in [0.4, 0.5) is 10.1 Å². The number of nitro groups is 1. The minimum Gasteiger partial charge on any atom is -0.393 e. The van der Waals surface area contributed by atoms with Crippen LogP contribution in [0.1, 0.15) is 36.0 Å². The molecule has 2 atom stereocenters. The van der Waals surface area contributed by atoms with Crippen LogP contribution >= 0.6 is 0 Å². The highest BCUT2D eigenvalue weighted by Crippen LogP contribution is 2.24. The molecule has 0 bridgehead atoms. The van der Waals surface area contributed by atoms with Crippen molar-refractivity contribution in [1.29, 1.82) is 0 Å². The topological polar surface area (TPSA) is 92.5 Å². The highest BCUT2D eigenvalue weighted by Gasteiger charge is 2.25. The molecule has 21 heavy (non-hydrogen) atoms. The molecule has 0 spiro atoms. The summed E-state index contributed by atoms with van der Waals surface area (Å²) in [5.41, 5.74) is -0.733. The first kappa shape index (κ1) is 15.4. The fourth-order valence-electron chi connectivity index (χ4n) is 2.59. The predicted molar refractivity (Wildman–Crippen MR) is 73.4 cm³/mol. The van der Waals surface area contributed by atoms with Crippen LogP contribution in [0.5, 0.6) is 0 Å². The van der Waals surface area contributed by atoms with Gasteiger partial charge in [-0.15, -0.1) is 0 Å². The van der Waals surface area contributed by atoms with E-state index in [0.29, 0.717) is 6.42 Å². The first-order valence-corrected chi connectivity index (χ1v) is 6.89. The van der Waals surface area contributed by atoms with Gasteiger partial charge in [-0.3, -0.25) is 14.9 Å². The zero-order chi connectivity index (χ0) is 15.4. The standard InChI is InChI=1S/C14H17FN2O4/c15-10-5-6-11(12(7-10)17(20)21)14(19)16-8-9-3-1-2-4-13(9)18/h5-7,9,13,18H,1-4,8H2,(H,16,19). The molecule has 0 heterocycles. The van der Waals surface area contributed by atoms with Crippen LogP contribution in [0, 0.1) is 21.8 Å². The zero-order valence-corrected chi connectivity index (χ0v) is 11.4. The molecule has 1 aliphatic rings. The van der Waals surface area contributed by atoms with Crippen molar-refractivity contribution < 1.29 is 19.2 Å². The Bertz CT molecular complexity index is 550. The number of aliphatic hydroxyl groups excluding tert-OH is 1. The van der Waals surface area contributed by atoms with Crippen LogP contribution in [-0.4, -0.2) is 28.6 Å². The largest absolute Gasteiger partial charge is 0.393 e. The lowest BCUT2D eigenvalue weighted by Gasteiger charge is -2.27. The van der Waals surface area contributed by atoms with Gasteiger partial charge in [-0.1, -0.05) is 12.8 Å². The molecule has 7 heteroatoms. The van der Waals surface area contributed by atoms with Crippen LogP contribution in [0.3, 0.4) is 0 Å². The molecule has 0 aromatic heterocycles. The van der Waals surface area contributed by atoms with Gasteiger partial charge in [0.15, 0.2) is 0 Å². The monoisotopic (exact) mass is 296 g/mol. The Labute approximate surface area is 121 Å². The van der Waals surface area contributed by atoms with E-state index in [4.69, 9.17) is 0 Å². The second-order valence-electron chi connectivity index (χ2n) is 5.24. The Morgan fingerprint density at radius 2 is 2.14 bits per heavy atom. The van der Waals surface area contributed by atoms with Gasteiger partial charge in [-0.25, -0.2) is 4.39 Å². The third kappa shape index (κ3) is 3.75. The van der Waals surface area contributed by atoms with Crippen molar-refractivity contribution in [2.24, 2.45) is 5.92 Å². The van der Waals surface area contributed by atoms with Crippen molar-refractivity contribution in [3.8, 4) is 0 Å². The maximum Gasteiger partial charge on any atom is 0.285 e. The predicted octanol–water partition coefficient (Wildman–Crippen LogP) is 2.01. The number of aliphatic hydroxyl groups is 1. The lowest BCUT2D eigenvalue weighted by molar-refractivity contribution is -0.385. The van der Waals surface area contributed by atoms with Crippen molar-refractivity contribution >= 4 is 11.6 Å². The third-order valence-corrected chi connectivity index (χ3v) is 3.79. The molecule has 2 rings (SSSR count). The number of rotatable bonds is 4. The minimum atomic E-state index is -0.784. The molecule has 2 N–H and O–H groups in total. The van der Waals surface area contributed by atoms with Crippen molar-refractivity contribution in [3.63, 3.8) is 0 Å². The van der Waals surface area contributed by atoms with E-state index in [0.717, 1.165) is 37.5 Å². The summed E-state index contributed by atoms with van der Waals surface area (Å²) in [7, 11) is 0. The molecule has 0 radical (unpaired) electrons. The number of benzene rings is 1. The second kappa shape index (κ2) is 6.62. The molecule has 1 saturated carbocycles. The summed E-state index contributed by atoms with van der Waals surface area (Å²) < 4.78 is 13.0. The summed E-state index contributed by atoms with van der Waals surface area (Å²) in [6, 6.07) is 2.84. The van der Waals surface area contributed by atoms with Crippen LogP contribution in [0.25, 0.3) is 0 Å². The normalized spacial score (nSPS) is 21.8. The molecular formula is C14H17FN2O4. The van der Waals surface area contributed by atoms with Crippen molar-refractivity contribution in [2.75, 3.05) is 6.54 Å². The van der Waals surface area contributed by atoms with E-state index in [1.54, 1.807) is 0 Å². The first-order chi connectivity index (χ1) is 9.99. The number of carbonyl (C=O) groups excluding carboxylic acids is 1. The molecule has 1 fully saturated rings. The van der Waals surface area contributed by atoms with Gasteiger partial charge in [0.2, 0.25) is 0 Å². The molecule has 6 nitrogen and oxygen atoms in total. The summed E-state index contributed by atoms with van der Waals surface area (Å²) in [6.45, 7) is 0.258. The number of halogens is 1. The maximum absolute atomic E-state index is 13.0. The molecule has 0 aliphatic heterocycles. The molecule has 1 amide bonds. The van der Waals surface area contributed by atoms with E-state index >= 15 is 0 Å². The van der Waals surface area contributed by atoms with E-state index in [1.807, 2.05) is 0 Å². The molecule has 1 aromatic carbocycles. The van der Waals surface area contributed by atoms with Crippen molar-refractivity contribution in [2.45, 2.75) is 31.8 Å². The Balaban J connectivity index is 2.05. The summed E-state index contributed by atoms with van der Waals surface area (Å²) >= 11 is 0. The number of nitrogens with one attached hydrogen (secondary N) is 1. The Hall–Kier alpha value is -2.02. The molecule has 0 saturated heterocycles. The number of amides is 1. The molecule has 114 valence electrons. The Kier molecular flexibility index (Phi) is 4.85. The van der Waals surface area contributed by atoms with Crippen LogP contribution < -0.4 is 5.32 Å². The fraction of sp³-hybridized carbons (Fsp3) is 0.500. The number of hydrogen-bond donors (Lipinski definition) is 2. The van der Waals surface area contributed by atoms with Crippen LogP contribution in [-0.2, 0) is 0 Å². The Morgan fingerprint density at radius 3 is 2.81 bits per heavy atom. The minimum absolute atomic E-state index is 0.0396. The number of carbonyl (C=O) groups is 1. The van der Waals surface area contributed by atoms with Gasteiger partial charge in [-0.2, -0.15) is 0 Å². The van der Waals surface area contributed by atoms with Crippen LogP contribution in [0.15, 0.2) is 18.2 Å². The van der Waals surface area contributed by atoms with E-state index in [2.05, 4.69) is 5.32 Å². The molecule has 2 unspecified atom stereocenters. The molecular weight excluding hydrogens is 279 g/mol. The van der Waals surface area contributed by atoms with Gasteiger partial charge in [0.1, 0.15) is 11.4 Å². The first-order valence-electron chi connectivity index (χ1n) is 6.89. The summed E-state index contributed by atoms with van der Waals surface area (Å²) in [5, 5.41) is 23.3. The quantitative estimate of drug-likeness (QED) is 0.656. The van der Waals surface area contributed by atoms with Gasteiger partial charge >= 0.3 is 0 Å². The highest BCUT2D eigenvalue weighted by atomic mass is 19.1. The van der Waals surface area contributed by atoms with E-state index in [1.165, 1.54) is 0 Å². The van der Waals surface area contributed by atoms with E-state index in [9.17, 15) is 24.4 Å². The van der Waals surface area contributed by atoms with Gasteiger partial charge in [0.25, 0.3) is 11.6 Å². The summed E-state index contributed by atoms with van der Waals surface area (Å²) in [6.07, 6.45) is 3.02. The number of hydrogen-bond acceptors (Lipinski definition) is 4. The lowest BCUT2D eigenvalue weighted by atomic mass is 9.86. The lowest BCUT2D eigenvalue weighted by Crippen LogP contribution is -2.36. The molecule has 1 aromatic rings. The van der Waals surface area contributed by atoms with Crippen molar-refractivity contribution in [3.05, 3.63) is 39.7 Å². The summed E-state index contributed by atoms with van der Waals surface area (Å²) in [4.78, 5) is 22.1. The van der Waals surface area contributed by atoms with E-state index in [-0.39, 0.29) is 18.0 Å². The average Bonchev–Trinajstić information content (AvgIpc) is 2.46. The summed E-state index contributed by atoms with van der Waals surface area (Å²) in [5.74, 6) is -1.43.